The van der Waals surface area contributed by atoms with E-state index in [2.05, 4.69) is 32.2 Å². The van der Waals surface area contributed by atoms with Gasteiger partial charge in [0, 0.05) is 15.7 Å². The summed E-state index contributed by atoms with van der Waals surface area (Å²) in [5.74, 6) is 1.54. The second-order valence-corrected chi connectivity index (χ2v) is 7.69. The van der Waals surface area contributed by atoms with Gasteiger partial charge < -0.3 is 4.74 Å². The zero-order valence-electron chi connectivity index (χ0n) is 14.4. The van der Waals surface area contributed by atoms with Gasteiger partial charge in [0.1, 0.15) is 5.75 Å². The molecule has 1 unspecified atom stereocenters. The van der Waals surface area contributed by atoms with Crippen LogP contribution >= 0.6 is 27.7 Å². The van der Waals surface area contributed by atoms with E-state index in [9.17, 15) is 0 Å². The molecule has 1 heterocycles. The summed E-state index contributed by atoms with van der Waals surface area (Å²) in [5.41, 5.74) is 1.87. The Balaban J connectivity index is 2.08. The number of benzene rings is 2. The molecule has 5 nitrogen and oxygen atoms in total. The van der Waals surface area contributed by atoms with Crippen LogP contribution in [0.1, 0.15) is 13.8 Å². The van der Waals surface area contributed by atoms with Gasteiger partial charge in [-0.25, -0.2) is 0 Å². The Labute approximate surface area is 165 Å². The number of thioether (sulfide) groups is 1. The molecular weight excluding hydrogens is 412 g/mol. The minimum absolute atomic E-state index is 0.224. The van der Waals surface area contributed by atoms with E-state index in [0.29, 0.717) is 11.8 Å². The van der Waals surface area contributed by atoms with Gasteiger partial charge >= 0.3 is 0 Å². The van der Waals surface area contributed by atoms with Crippen LogP contribution in [0.4, 0.5) is 0 Å². The number of hydrogen-bond donors (Lipinski definition) is 0. The van der Waals surface area contributed by atoms with Gasteiger partial charge in [-0.15, -0.1) is 10.2 Å². The van der Waals surface area contributed by atoms with E-state index < -0.39 is 0 Å². The molecule has 0 N–H and O–H groups in total. The van der Waals surface area contributed by atoms with Crippen molar-refractivity contribution >= 4 is 27.7 Å². The van der Waals surface area contributed by atoms with Gasteiger partial charge in [-0.3, -0.25) is 4.57 Å². The quantitative estimate of drug-likeness (QED) is 0.510. The van der Waals surface area contributed by atoms with Crippen LogP contribution in [0.5, 0.6) is 5.75 Å². The lowest BCUT2D eigenvalue weighted by atomic mass is 10.2. The summed E-state index contributed by atoms with van der Waals surface area (Å²) in [5, 5.41) is 18.3. The zero-order valence-corrected chi connectivity index (χ0v) is 16.8. The lowest BCUT2D eigenvalue weighted by molar-refractivity contribution is 0.340. The highest BCUT2D eigenvalue weighted by Crippen LogP contribution is 2.31. The summed E-state index contributed by atoms with van der Waals surface area (Å²) in [6.07, 6.45) is 0. The van der Waals surface area contributed by atoms with Crippen molar-refractivity contribution in [3.05, 3.63) is 53.0 Å². The number of nitrogens with zero attached hydrogens (tertiary/aromatic N) is 4. The molecular formula is C19H17BrN4OS. The fraction of sp³-hybridized carbons (Fsp3) is 0.211. The van der Waals surface area contributed by atoms with Gasteiger partial charge in [0.25, 0.3) is 0 Å². The fourth-order valence-electron chi connectivity index (χ4n) is 2.41. The van der Waals surface area contributed by atoms with Crippen molar-refractivity contribution in [3.8, 4) is 28.9 Å². The van der Waals surface area contributed by atoms with Crippen LogP contribution in [0.15, 0.2) is 58.2 Å². The van der Waals surface area contributed by atoms with E-state index >= 15 is 0 Å². The summed E-state index contributed by atoms with van der Waals surface area (Å²) in [7, 11) is 0. The van der Waals surface area contributed by atoms with Gasteiger partial charge in [-0.1, -0.05) is 39.8 Å². The third-order valence-electron chi connectivity index (χ3n) is 3.61. The number of ether oxygens (including phenoxy) is 1. The number of nitriles is 1. The van der Waals surface area contributed by atoms with Crippen molar-refractivity contribution in [2.24, 2.45) is 0 Å². The highest BCUT2D eigenvalue weighted by molar-refractivity contribution is 9.10. The smallest absolute Gasteiger partial charge is 0.197 e. The third-order valence-corrected chi connectivity index (χ3v) is 5.07. The largest absolute Gasteiger partial charge is 0.494 e. The van der Waals surface area contributed by atoms with Crippen LogP contribution in [0.3, 0.4) is 0 Å². The Morgan fingerprint density at radius 2 is 1.85 bits per heavy atom. The first-order valence-corrected chi connectivity index (χ1v) is 9.80. The normalized spacial score (nSPS) is 11.8. The molecule has 0 aliphatic heterocycles. The van der Waals surface area contributed by atoms with Gasteiger partial charge in [0.05, 0.1) is 17.9 Å². The molecule has 0 fully saturated rings. The van der Waals surface area contributed by atoms with Crippen LogP contribution in [0.2, 0.25) is 0 Å². The first-order chi connectivity index (χ1) is 12.6. The molecule has 1 aromatic heterocycles. The van der Waals surface area contributed by atoms with Crippen LogP contribution in [-0.4, -0.2) is 26.6 Å². The molecule has 0 saturated carbocycles. The molecule has 0 spiro atoms. The van der Waals surface area contributed by atoms with Gasteiger partial charge in [-0.05, 0) is 50.2 Å². The van der Waals surface area contributed by atoms with Crippen LogP contribution in [0.25, 0.3) is 17.1 Å². The van der Waals surface area contributed by atoms with Crippen molar-refractivity contribution in [1.29, 1.82) is 5.26 Å². The zero-order chi connectivity index (χ0) is 18.5. The van der Waals surface area contributed by atoms with E-state index in [4.69, 9.17) is 10.00 Å². The van der Waals surface area contributed by atoms with E-state index in [-0.39, 0.29) is 5.25 Å². The second-order valence-electron chi connectivity index (χ2n) is 5.46. The highest BCUT2D eigenvalue weighted by atomic mass is 79.9. The van der Waals surface area contributed by atoms with Crippen molar-refractivity contribution in [2.45, 2.75) is 24.3 Å². The predicted molar refractivity (Wildman–Crippen MR) is 107 cm³/mol. The minimum atomic E-state index is -0.224. The summed E-state index contributed by atoms with van der Waals surface area (Å²) in [4.78, 5) is 0. The van der Waals surface area contributed by atoms with Crippen LogP contribution in [-0.2, 0) is 0 Å². The van der Waals surface area contributed by atoms with E-state index in [0.717, 1.165) is 27.3 Å². The number of halogens is 1. The molecule has 0 aliphatic rings. The Morgan fingerprint density at radius 1 is 1.15 bits per heavy atom. The molecule has 132 valence electrons. The number of hydrogen-bond acceptors (Lipinski definition) is 5. The monoisotopic (exact) mass is 428 g/mol. The lowest BCUT2D eigenvalue weighted by Gasteiger charge is -2.12. The Kier molecular flexibility index (Phi) is 5.96. The maximum atomic E-state index is 9.16. The van der Waals surface area contributed by atoms with E-state index in [1.165, 1.54) is 11.8 Å². The average Bonchev–Trinajstić information content (AvgIpc) is 3.06. The average molecular weight is 429 g/mol. The molecule has 2 aromatic carbocycles. The molecule has 26 heavy (non-hydrogen) atoms. The van der Waals surface area contributed by atoms with Gasteiger partial charge in [0.2, 0.25) is 0 Å². The predicted octanol–water partition coefficient (Wildman–Crippen LogP) is 5.10. The van der Waals surface area contributed by atoms with Crippen molar-refractivity contribution in [2.75, 3.05) is 6.61 Å². The third kappa shape index (κ3) is 4.09. The molecule has 0 aliphatic carbocycles. The Bertz CT molecular complexity index is 916. The molecule has 0 bridgehead atoms. The maximum Gasteiger partial charge on any atom is 0.197 e. The Morgan fingerprint density at radius 3 is 2.46 bits per heavy atom. The SMILES string of the molecule is CCOc1ccc(-n2c(SC(C)C#N)nnc2-c2ccc(Br)cc2)cc1. The van der Waals surface area contributed by atoms with E-state index in [1.54, 1.807) is 0 Å². The van der Waals surface area contributed by atoms with Gasteiger partial charge in [0.15, 0.2) is 11.0 Å². The number of aromatic nitrogens is 3. The topological polar surface area (TPSA) is 63.7 Å². The standard InChI is InChI=1S/C19H17BrN4OS/c1-3-25-17-10-8-16(9-11-17)24-18(14-4-6-15(20)7-5-14)22-23-19(24)26-13(2)12-21/h4-11,13H,3H2,1-2H3. The summed E-state index contributed by atoms with van der Waals surface area (Å²) >= 11 is 4.84. The molecule has 7 heteroatoms. The highest BCUT2D eigenvalue weighted by Gasteiger charge is 2.18. The summed E-state index contributed by atoms with van der Waals surface area (Å²) in [6, 6.07) is 17.9. The molecule has 0 saturated heterocycles. The van der Waals surface area contributed by atoms with Crippen molar-refractivity contribution in [3.63, 3.8) is 0 Å². The molecule has 3 rings (SSSR count). The molecule has 0 amide bonds. The molecule has 0 radical (unpaired) electrons. The number of rotatable bonds is 6. The van der Waals surface area contributed by atoms with Crippen molar-refractivity contribution in [1.82, 2.24) is 14.8 Å². The fourth-order valence-corrected chi connectivity index (χ4v) is 3.43. The van der Waals surface area contributed by atoms with E-state index in [1.807, 2.05) is 66.9 Å². The minimum Gasteiger partial charge on any atom is -0.494 e. The van der Waals surface area contributed by atoms with Crippen molar-refractivity contribution < 1.29 is 4.74 Å². The van der Waals surface area contributed by atoms with Gasteiger partial charge in [-0.2, -0.15) is 5.26 Å². The second kappa shape index (κ2) is 8.39. The van der Waals surface area contributed by atoms with Crippen LogP contribution < -0.4 is 4.74 Å². The van der Waals surface area contributed by atoms with Crippen LogP contribution in [0, 0.1) is 11.3 Å². The molecule has 3 aromatic rings. The molecule has 1 atom stereocenters. The first-order valence-electron chi connectivity index (χ1n) is 8.13. The summed E-state index contributed by atoms with van der Waals surface area (Å²) in [6.45, 7) is 4.43. The maximum absolute atomic E-state index is 9.16. The summed E-state index contributed by atoms with van der Waals surface area (Å²) < 4.78 is 8.50. The Hall–Kier alpha value is -2.30. The first kappa shape index (κ1) is 18.5. The lowest BCUT2D eigenvalue weighted by Crippen LogP contribution is -2.02.